The fourth-order valence-corrected chi connectivity index (χ4v) is 0.992. The Morgan fingerprint density at radius 3 is 2.93 bits per heavy atom. The van der Waals surface area contributed by atoms with Crippen molar-refractivity contribution in [1.29, 1.82) is 0 Å². The van der Waals surface area contributed by atoms with Crippen molar-refractivity contribution < 1.29 is 18.8 Å². The minimum absolute atomic E-state index is 0.00366. The minimum atomic E-state index is -0.428. The van der Waals surface area contributed by atoms with Gasteiger partial charge in [-0.15, -0.1) is 0 Å². The van der Waals surface area contributed by atoms with E-state index in [1.807, 2.05) is 0 Å². The Bertz CT molecular complexity index is 175. The van der Waals surface area contributed by atoms with Crippen LogP contribution >= 0.6 is 12.0 Å². The molecule has 0 amide bonds. The number of nitrogens with two attached hydrogens (primary N) is 1. The van der Waals surface area contributed by atoms with Crippen molar-refractivity contribution in [1.82, 2.24) is 0 Å². The summed E-state index contributed by atoms with van der Waals surface area (Å²) in [6, 6.07) is 0. The highest BCUT2D eigenvalue weighted by Crippen LogP contribution is 2.02. The Morgan fingerprint density at radius 2 is 2.29 bits per heavy atom. The lowest BCUT2D eigenvalue weighted by atomic mass is 10.5. The van der Waals surface area contributed by atoms with E-state index in [0.29, 0.717) is 25.5 Å². The van der Waals surface area contributed by atoms with Gasteiger partial charge in [0.25, 0.3) is 0 Å². The molecule has 3 N–H and O–H groups in total. The molecule has 0 spiro atoms. The van der Waals surface area contributed by atoms with Crippen molar-refractivity contribution in [2.75, 3.05) is 32.1 Å². The van der Waals surface area contributed by atoms with Gasteiger partial charge in [-0.2, -0.15) is 0 Å². The summed E-state index contributed by atoms with van der Waals surface area (Å²) in [7, 11) is 0. The largest absolute Gasteiger partial charge is 0.394 e. The first-order chi connectivity index (χ1) is 6.81. The normalized spacial score (nSPS) is 10.7. The standard InChI is InChI=1S/C8H15NO4S/c9-3-1-2-8(11)13-14-7-6-12-5-4-10/h1-2,10H,3-7,9H2/b2-1+. The first-order valence-electron chi connectivity index (χ1n) is 4.20. The minimum Gasteiger partial charge on any atom is -0.394 e. The molecule has 0 saturated carbocycles. The molecule has 0 aromatic carbocycles. The average molecular weight is 221 g/mol. The topological polar surface area (TPSA) is 81.8 Å². The lowest BCUT2D eigenvalue weighted by molar-refractivity contribution is -0.127. The van der Waals surface area contributed by atoms with E-state index < -0.39 is 5.97 Å². The summed E-state index contributed by atoms with van der Waals surface area (Å²) in [6.45, 7) is 1.07. The number of carbonyl (C=O) groups is 1. The van der Waals surface area contributed by atoms with E-state index in [2.05, 4.69) is 0 Å². The van der Waals surface area contributed by atoms with E-state index in [1.54, 1.807) is 0 Å². The van der Waals surface area contributed by atoms with E-state index in [0.717, 1.165) is 12.0 Å². The summed E-state index contributed by atoms with van der Waals surface area (Å²) in [4.78, 5) is 10.8. The van der Waals surface area contributed by atoms with Crippen LogP contribution in [-0.2, 0) is 13.7 Å². The van der Waals surface area contributed by atoms with Gasteiger partial charge in [0.05, 0.1) is 37.6 Å². The van der Waals surface area contributed by atoms with Gasteiger partial charge >= 0.3 is 5.97 Å². The van der Waals surface area contributed by atoms with Gasteiger partial charge in [0, 0.05) is 12.6 Å². The number of hydrogen-bond donors (Lipinski definition) is 2. The zero-order chi connectivity index (χ0) is 10.6. The molecular formula is C8H15NO4S. The van der Waals surface area contributed by atoms with Gasteiger partial charge in [0.1, 0.15) is 0 Å². The van der Waals surface area contributed by atoms with E-state index in [-0.39, 0.29) is 6.61 Å². The molecule has 0 heterocycles. The Labute approximate surface area is 87.5 Å². The van der Waals surface area contributed by atoms with Crippen LogP contribution in [0.4, 0.5) is 0 Å². The zero-order valence-corrected chi connectivity index (χ0v) is 8.66. The second kappa shape index (κ2) is 10.5. The van der Waals surface area contributed by atoms with Gasteiger partial charge in [-0.1, -0.05) is 6.08 Å². The summed E-state index contributed by atoms with van der Waals surface area (Å²) in [5, 5.41) is 8.37. The van der Waals surface area contributed by atoms with Crippen LogP contribution < -0.4 is 5.73 Å². The Morgan fingerprint density at radius 1 is 1.50 bits per heavy atom. The Kier molecular flexibility index (Phi) is 10.1. The maximum absolute atomic E-state index is 10.8. The zero-order valence-electron chi connectivity index (χ0n) is 7.85. The summed E-state index contributed by atoms with van der Waals surface area (Å²) < 4.78 is 9.66. The van der Waals surface area contributed by atoms with E-state index >= 15 is 0 Å². The summed E-state index contributed by atoms with van der Waals surface area (Å²) >= 11 is 1.01. The maximum atomic E-state index is 10.8. The van der Waals surface area contributed by atoms with Crippen LogP contribution in [0.3, 0.4) is 0 Å². The monoisotopic (exact) mass is 221 g/mol. The van der Waals surface area contributed by atoms with Gasteiger partial charge in [-0.05, 0) is 0 Å². The molecule has 14 heavy (non-hydrogen) atoms. The third-order valence-corrected chi connectivity index (χ3v) is 1.69. The molecule has 6 heteroatoms. The molecule has 0 aromatic rings. The molecule has 0 fully saturated rings. The van der Waals surface area contributed by atoms with Crippen molar-refractivity contribution in [3.8, 4) is 0 Å². The quantitative estimate of drug-likeness (QED) is 0.333. The molecular weight excluding hydrogens is 206 g/mol. The van der Waals surface area contributed by atoms with E-state index in [9.17, 15) is 4.79 Å². The molecule has 5 nitrogen and oxygen atoms in total. The molecule has 0 radical (unpaired) electrons. The van der Waals surface area contributed by atoms with Crippen LogP contribution in [0.15, 0.2) is 12.2 Å². The van der Waals surface area contributed by atoms with E-state index in [1.165, 1.54) is 12.2 Å². The lowest BCUT2D eigenvalue weighted by Gasteiger charge is -2.00. The molecule has 0 bridgehead atoms. The summed E-state index contributed by atoms with van der Waals surface area (Å²) in [5.74, 6) is 0.116. The predicted molar refractivity (Wildman–Crippen MR) is 54.6 cm³/mol. The van der Waals surface area contributed by atoms with E-state index in [4.69, 9.17) is 19.8 Å². The number of rotatable bonds is 8. The molecule has 0 aliphatic heterocycles. The molecule has 0 rings (SSSR count). The fraction of sp³-hybridized carbons (Fsp3) is 0.625. The third-order valence-electron chi connectivity index (χ3n) is 1.08. The summed E-state index contributed by atoms with van der Waals surface area (Å²) in [5.41, 5.74) is 5.14. The highest BCUT2D eigenvalue weighted by atomic mass is 32.2. The summed E-state index contributed by atoms with van der Waals surface area (Å²) in [6.07, 6.45) is 2.80. The molecule has 0 atom stereocenters. The van der Waals surface area contributed by atoms with Gasteiger partial charge in [0.15, 0.2) is 0 Å². The highest BCUT2D eigenvalue weighted by Gasteiger charge is 1.97. The van der Waals surface area contributed by atoms with Crippen LogP contribution in [0, 0.1) is 0 Å². The molecule has 0 aliphatic carbocycles. The predicted octanol–water partition coefficient (Wildman–Crippen LogP) is -0.298. The molecule has 82 valence electrons. The average Bonchev–Trinajstić information content (AvgIpc) is 2.20. The van der Waals surface area contributed by atoms with Crippen molar-refractivity contribution in [3.63, 3.8) is 0 Å². The molecule has 0 unspecified atom stereocenters. The van der Waals surface area contributed by atoms with Gasteiger partial charge < -0.3 is 19.8 Å². The second-order valence-electron chi connectivity index (χ2n) is 2.20. The third kappa shape index (κ3) is 9.53. The SMILES string of the molecule is NC/C=C/C(=O)OSCCOCCO. The number of aliphatic hydroxyl groups excluding tert-OH is 1. The Hall–Kier alpha value is -0.560. The van der Waals surface area contributed by atoms with Crippen molar-refractivity contribution >= 4 is 18.0 Å². The lowest BCUT2D eigenvalue weighted by Crippen LogP contribution is -2.04. The maximum Gasteiger partial charge on any atom is 0.342 e. The Balaban J connectivity index is 3.19. The van der Waals surface area contributed by atoms with Gasteiger partial charge in [-0.3, -0.25) is 0 Å². The molecule has 0 saturated heterocycles. The smallest absolute Gasteiger partial charge is 0.342 e. The molecule has 0 aromatic heterocycles. The van der Waals surface area contributed by atoms with Crippen LogP contribution in [0.25, 0.3) is 0 Å². The first-order valence-corrected chi connectivity index (χ1v) is 5.11. The number of ether oxygens (including phenoxy) is 1. The fourth-order valence-electron chi connectivity index (χ4n) is 0.551. The van der Waals surface area contributed by atoms with Crippen molar-refractivity contribution in [2.45, 2.75) is 0 Å². The van der Waals surface area contributed by atoms with Crippen molar-refractivity contribution in [2.24, 2.45) is 5.73 Å². The second-order valence-corrected chi connectivity index (χ2v) is 3.01. The van der Waals surface area contributed by atoms with Crippen molar-refractivity contribution in [3.05, 3.63) is 12.2 Å². The first kappa shape index (κ1) is 13.4. The number of aliphatic hydroxyl groups is 1. The number of carbonyl (C=O) groups excluding carboxylic acids is 1. The van der Waals surface area contributed by atoms with Crippen LogP contribution in [-0.4, -0.2) is 43.2 Å². The highest BCUT2D eigenvalue weighted by molar-refractivity contribution is 7.95. The van der Waals surface area contributed by atoms with Gasteiger partial charge in [-0.25, -0.2) is 4.79 Å². The van der Waals surface area contributed by atoms with Crippen LogP contribution in [0.1, 0.15) is 0 Å². The van der Waals surface area contributed by atoms with Crippen LogP contribution in [0.5, 0.6) is 0 Å². The molecule has 0 aliphatic rings. The number of hydrogen-bond acceptors (Lipinski definition) is 6. The van der Waals surface area contributed by atoms with Gasteiger partial charge in [0.2, 0.25) is 0 Å². The van der Waals surface area contributed by atoms with Crippen LogP contribution in [0.2, 0.25) is 0 Å².